The fraction of sp³-hybridized carbons (Fsp3) is 0.429. The average Bonchev–Trinajstić information content (AvgIpc) is 2.44. The van der Waals surface area contributed by atoms with E-state index < -0.39 is 0 Å². The molecule has 0 aliphatic carbocycles. The van der Waals surface area contributed by atoms with Crippen molar-refractivity contribution in [3.63, 3.8) is 0 Å². The molecule has 108 valence electrons. The van der Waals surface area contributed by atoms with Crippen LogP contribution >= 0.6 is 31.9 Å². The molecule has 0 spiro atoms. The topological polar surface area (TPSA) is 46.6 Å². The summed E-state index contributed by atoms with van der Waals surface area (Å²) >= 11 is 6.75. The Kier molecular flexibility index (Phi) is 5.21. The molecule has 0 radical (unpaired) electrons. The number of nitrogens with zero attached hydrogens (tertiary/aromatic N) is 1. The molecule has 2 rings (SSSR count). The van der Waals surface area contributed by atoms with Gasteiger partial charge in [0, 0.05) is 27.6 Å². The summed E-state index contributed by atoms with van der Waals surface area (Å²) in [4.78, 5) is 25.8. The fourth-order valence-electron chi connectivity index (χ4n) is 2.38. The quantitative estimate of drug-likeness (QED) is 0.711. The summed E-state index contributed by atoms with van der Waals surface area (Å²) < 4.78 is 6.46. The molecule has 1 aliphatic rings. The van der Waals surface area contributed by atoms with Crippen molar-refractivity contribution in [3.8, 4) is 0 Å². The number of benzene rings is 1. The summed E-state index contributed by atoms with van der Waals surface area (Å²) in [6.07, 6.45) is 1.60. The summed E-state index contributed by atoms with van der Waals surface area (Å²) in [6, 6.07) is 5.45. The number of carbonyl (C=O) groups excluding carboxylic acids is 2. The number of hydrogen-bond donors (Lipinski definition) is 0. The van der Waals surface area contributed by atoms with Gasteiger partial charge in [0.15, 0.2) is 0 Å². The summed E-state index contributed by atoms with van der Waals surface area (Å²) in [5.74, 6) is -0.508. The molecular weight excluding hydrogens is 390 g/mol. The SMILES string of the molecule is COC(=O)[C@H]1CCCN(C(=O)c2cc(Br)cc(Br)c2)C1. The van der Waals surface area contributed by atoms with Crippen LogP contribution in [0.1, 0.15) is 23.2 Å². The minimum Gasteiger partial charge on any atom is -0.469 e. The highest BCUT2D eigenvalue weighted by Crippen LogP contribution is 2.24. The highest BCUT2D eigenvalue weighted by Gasteiger charge is 2.29. The number of likely N-dealkylation sites (tertiary alicyclic amines) is 1. The van der Waals surface area contributed by atoms with Crippen LogP contribution in [-0.4, -0.2) is 37.0 Å². The van der Waals surface area contributed by atoms with E-state index in [0.29, 0.717) is 18.7 Å². The third-order valence-electron chi connectivity index (χ3n) is 3.35. The Balaban J connectivity index is 2.14. The second kappa shape index (κ2) is 6.72. The zero-order chi connectivity index (χ0) is 14.7. The molecule has 0 bridgehead atoms. The molecule has 1 aliphatic heterocycles. The van der Waals surface area contributed by atoms with Crippen molar-refractivity contribution in [2.24, 2.45) is 5.92 Å². The molecule has 0 unspecified atom stereocenters. The lowest BCUT2D eigenvalue weighted by Crippen LogP contribution is -2.42. The minimum absolute atomic E-state index is 0.0550. The lowest BCUT2D eigenvalue weighted by Gasteiger charge is -2.31. The molecule has 0 aromatic heterocycles. The van der Waals surface area contributed by atoms with Crippen LogP contribution in [0.3, 0.4) is 0 Å². The van der Waals surface area contributed by atoms with Gasteiger partial charge in [0.05, 0.1) is 13.0 Å². The van der Waals surface area contributed by atoms with Gasteiger partial charge < -0.3 is 9.64 Å². The molecular formula is C14H15Br2NO3. The minimum atomic E-state index is -0.238. The van der Waals surface area contributed by atoms with Gasteiger partial charge in [0.25, 0.3) is 5.91 Å². The second-order valence-electron chi connectivity index (χ2n) is 4.77. The van der Waals surface area contributed by atoms with E-state index in [1.807, 2.05) is 6.07 Å². The zero-order valence-electron chi connectivity index (χ0n) is 11.1. The second-order valence-corrected chi connectivity index (χ2v) is 6.60. The first-order chi connectivity index (χ1) is 9.51. The number of methoxy groups -OCH3 is 1. The Morgan fingerprint density at radius 1 is 1.25 bits per heavy atom. The molecule has 4 nitrogen and oxygen atoms in total. The number of piperidine rings is 1. The number of halogens is 2. The summed E-state index contributed by atoms with van der Waals surface area (Å²) in [7, 11) is 1.38. The van der Waals surface area contributed by atoms with Gasteiger partial charge in [-0.3, -0.25) is 9.59 Å². The van der Waals surface area contributed by atoms with E-state index in [1.165, 1.54) is 7.11 Å². The predicted molar refractivity (Wildman–Crippen MR) is 82.5 cm³/mol. The standard InChI is InChI=1S/C14H15Br2NO3/c1-20-14(19)9-3-2-4-17(8-9)13(18)10-5-11(15)7-12(16)6-10/h5-7,9H,2-4,8H2,1H3/t9-/m0/s1. The first-order valence-corrected chi connectivity index (χ1v) is 7.93. The smallest absolute Gasteiger partial charge is 0.310 e. The van der Waals surface area contributed by atoms with Gasteiger partial charge in [-0.15, -0.1) is 0 Å². The van der Waals surface area contributed by atoms with E-state index in [1.54, 1.807) is 17.0 Å². The van der Waals surface area contributed by atoms with Crippen LogP contribution in [0.15, 0.2) is 27.1 Å². The number of hydrogen-bond acceptors (Lipinski definition) is 3. The Labute approximate surface area is 134 Å². The zero-order valence-corrected chi connectivity index (χ0v) is 14.2. The van der Waals surface area contributed by atoms with Gasteiger partial charge in [0.1, 0.15) is 0 Å². The highest BCUT2D eigenvalue weighted by atomic mass is 79.9. The van der Waals surface area contributed by atoms with E-state index >= 15 is 0 Å². The number of ether oxygens (including phenoxy) is 1. The Hall–Kier alpha value is -0.880. The van der Waals surface area contributed by atoms with Gasteiger partial charge in [-0.25, -0.2) is 0 Å². The monoisotopic (exact) mass is 403 g/mol. The summed E-state index contributed by atoms with van der Waals surface area (Å²) in [5.41, 5.74) is 0.608. The maximum atomic E-state index is 12.5. The van der Waals surface area contributed by atoms with Crippen LogP contribution < -0.4 is 0 Å². The molecule has 1 aromatic carbocycles. The molecule has 1 heterocycles. The lowest BCUT2D eigenvalue weighted by atomic mass is 9.97. The molecule has 0 N–H and O–H groups in total. The van der Waals surface area contributed by atoms with Crippen molar-refractivity contribution in [3.05, 3.63) is 32.7 Å². The maximum Gasteiger partial charge on any atom is 0.310 e. The number of esters is 1. The van der Waals surface area contributed by atoms with Crippen molar-refractivity contribution in [1.29, 1.82) is 0 Å². The summed E-state index contributed by atoms with van der Waals surface area (Å²) in [5, 5.41) is 0. The van der Waals surface area contributed by atoms with Crippen molar-refractivity contribution in [1.82, 2.24) is 4.90 Å². The predicted octanol–water partition coefficient (Wildman–Crippen LogP) is 3.24. The van der Waals surface area contributed by atoms with Gasteiger partial charge in [-0.1, -0.05) is 31.9 Å². The van der Waals surface area contributed by atoms with Crippen molar-refractivity contribution >= 4 is 43.7 Å². The third-order valence-corrected chi connectivity index (χ3v) is 4.27. The average molecular weight is 405 g/mol. The number of carbonyl (C=O) groups is 2. The maximum absolute atomic E-state index is 12.5. The van der Waals surface area contributed by atoms with E-state index in [4.69, 9.17) is 4.74 Å². The van der Waals surface area contributed by atoms with Crippen molar-refractivity contribution in [2.75, 3.05) is 20.2 Å². The molecule has 6 heteroatoms. The Morgan fingerprint density at radius 2 is 1.90 bits per heavy atom. The lowest BCUT2D eigenvalue weighted by molar-refractivity contribution is -0.146. The van der Waals surface area contributed by atoms with E-state index in [0.717, 1.165) is 21.8 Å². The van der Waals surface area contributed by atoms with Gasteiger partial charge >= 0.3 is 5.97 Å². The molecule has 0 saturated carbocycles. The van der Waals surface area contributed by atoms with Gasteiger partial charge in [-0.2, -0.15) is 0 Å². The first-order valence-electron chi connectivity index (χ1n) is 6.34. The normalized spacial score (nSPS) is 18.8. The van der Waals surface area contributed by atoms with E-state index in [-0.39, 0.29) is 17.8 Å². The molecule has 1 aromatic rings. The van der Waals surface area contributed by atoms with Crippen LogP contribution in [0.25, 0.3) is 0 Å². The molecule has 1 saturated heterocycles. The first kappa shape index (κ1) is 15.5. The molecule has 1 atom stereocenters. The number of amides is 1. The molecule has 1 fully saturated rings. The van der Waals surface area contributed by atoms with Crippen molar-refractivity contribution < 1.29 is 14.3 Å². The van der Waals surface area contributed by atoms with Crippen LogP contribution in [-0.2, 0) is 9.53 Å². The van der Waals surface area contributed by atoms with Gasteiger partial charge in [-0.05, 0) is 31.0 Å². The van der Waals surface area contributed by atoms with Crippen LogP contribution in [0.2, 0.25) is 0 Å². The Bertz CT molecular complexity index is 513. The largest absolute Gasteiger partial charge is 0.469 e. The third kappa shape index (κ3) is 3.61. The number of rotatable bonds is 2. The highest BCUT2D eigenvalue weighted by molar-refractivity contribution is 9.11. The van der Waals surface area contributed by atoms with E-state index in [2.05, 4.69) is 31.9 Å². The van der Waals surface area contributed by atoms with Crippen LogP contribution in [0.5, 0.6) is 0 Å². The summed E-state index contributed by atoms with van der Waals surface area (Å²) in [6.45, 7) is 1.10. The Morgan fingerprint density at radius 3 is 2.50 bits per heavy atom. The fourth-order valence-corrected chi connectivity index (χ4v) is 3.67. The molecule has 1 amide bonds. The van der Waals surface area contributed by atoms with Crippen molar-refractivity contribution in [2.45, 2.75) is 12.8 Å². The van der Waals surface area contributed by atoms with Crippen LogP contribution in [0.4, 0.5) is 0 Å². The van der Waals surface area contributed by atoms with Gasteiger partial charge in [0.2, 0.25) is 0 Å². The van der Waals surface area contributed by atoms with E-state index in [9.17, 15) is 9.59 Å². The molecule has 20 heavy (non-hydrogen) atoms. The van der Waals surface area contributed by atoms with Crippen LogP contribution in [0, 0.1) is 5.92 Å².